The van der Waals surface area contributed by atoms with Crippen LogP contribution in [-0.2, 0) is 24.6 Å². The minimum absolute atomic E-state index is 0.0444. The van der Waals surface area contributed by atoms with E-state index >= 15 is 0 Å². The quantitative estimate of drug-likeness (QED) is 0.597. The summed E-state index contributed by atoms with van der Waals surface area (Å²) in [5.41, 5.74) is 3.08. The van der Waals surface area contributed by atoms with Gasteiger partial charge in [-0.05, 0) is 69.9 Å². The number of nitrogens with zero attached hydrogens (tertiary/aromatic N) is 3. The molecule has 0 fully saturated rings. The first kappa shape index (κ1) is 22.0. The Morgan fingerprint density at radius 3 is 2.66 bits per heavy atom. The molecule has 6 nitrogen and oxygen atoms in total. The second-order valence-corrected chi connectivity index (χ2v) is 9.29. The molecule has 1 amide bonds. The molecule has 4 rings (SSSR count). The molecule has 3 aromatic rings. The van der Waals surface area contributed by atoms with E-state index in [1.165, 1.54) is 17.3 Å². The first-order valence-corrected chi connectivity index (χ1v) is 10.7. The van der Waals surface area contributed by atoms with Crippen LogP contribution in [0.15, 0.2) is 30.3 Å². The third-order valence-electron chi connectivity index (χ3n) is 5.85. The zero-order valence-electron chi connectivity index (χ0n) is 19.0. The fraction of sp³-hybridized carbons (Fsp3) is 0.417. The highest BCUT2D eigenvalue weighted by Crippen LogP contribution is 2.33. The van der Waals surface area contributed by atoms with Gasteiger partial charge in [0.05, 0.1) is 0 Å². The molecule has 1 aliphatic carbocycles. The van der Waals surface area contributed by atoms with Crippen LogP contribution in [0.1, 0.15) is 38.4 Å². The van der Waals surface area contributed by atoms with Gasteiger partial charge in [-0.2, -0.15) is 0 Å². The molecule has 170 valence electrons. The highest BCUT2D eigenvalue weighted by Gasteiger charge is 2.31. The Bertz CT molecular complexity index is 1180. The average Bonchev–Trinajstić information content (AvgIpc) is 3.00. The summed E-state index contributed by atoms with van der Waals surface area (Å²) in [6, 6.07) is 7.51. The predicted octanol–water partition coefficient (Wildman–Crippen LogP) is 5.32. The van der Waals surface area contributed by atoms with Crippen LogP contribution in [0.2, 0.25) is 0 Å². The molecule has 1 atom stereocenters. The summed E-state index contributed by atoms with van der Waals surface area (Å²) in [6.07, 6.45) is 2.07. The van der Waals surface area contributed by atoms with E-state index in [-0.39, 0.29) is 12.1 Å². The molecule has 2 heterocycles. The molecule has 0 aliphatic heterocycles. The number of hydrogen-bond acceptors (Lipinski definition) is 4. The second kappa shape index (κ2) is 8.07. The normalized spacial score (nSPS) is 16.0. The van der Waals surface area contributed by atoms with Gasteiger partial charge in [-0.1, -0.05) is 0 Å². The molecule has 2 aromatic heterocycles. The monoisotopic (exact) mass is 442 g/mol. The first-order valence-electron chi connectivity index (χ1n) is 10.7. The maximum atomic E-state index is 13.5. The molecule has 1 aliphatic rings. The second-order valence-electron chi connectivity index (χ2n) is 9.29. The lowest BCUT2D eigenvalue weighted by Crippen LogP contribution is -2.43. The van der Waals surface area contributed by atoms with E-state index < -0.39 is 17.2 Å². The number of fused-ring (bicyclic) bond motifs is 3. The number of anilines is 2. The standard InChI is InChI=1S/C24H28F2N4O2/c1-24(2,3)32-23(31)29(4)15-7-10-20-17(13-15)16-8-11-21(28-22(16)30(20)5)27-14-6-9-18(25)19(26)12-14/h6,8-9,11-12,15H,7,10,13H2,1-5H3,(H,27,28). The summed E-state index contributed by atoms with van der Waals surface area (Å²) in [7, 11) is 3.77. The summed E-state index contributed by atoms with van der Waals surface area (Å²) < 4.78 is 34.3. The number of aromatic nitrogens is 2. The molecule has 1 aromatic carbocycles. The van der Waals surface area contributed by atoms with Crippen molar-refractivity contribution in [2.45, 2.75) is 51.7 Å². The van der Waals surface area contributed by atoms with Crippen molar-refractivity contribution in [1.82, 2.24) is 14.5 Å². The predicted molar refractivity (Wildman–Crippen MR) is 120 cm³/mol. The molecule has 1 unspecified atom stereocenters. The third kappa shape index (κ3) is 4.26. The van der Waals surface area contributed by atoms with Crippen molar-refractivity contribution in [1.29, 1.82) is 0 Å². The van der Waals surface area contributed by atoms with Crippen LogP contribution in [0, 0.1) is 11.6 Å². The number of benzene rings is 1. The van der Waals surface area contributed by atoms with Crippen molar-refractivity contribution in [2.75, 3.05) is 12.4 Å². The van der Waals surface area contributed by atoms with Crippen molar-refractivity contribution >= 4 is 28.6 Å². The lowest BCUT2D eigenvalue weighted by Gasteiger charge is -2.33. The van der Waals surface area contributed by atoms with Crippen molar-refractivity contribution in [3.63, 3.8) is 0 Å². The highest BCUT2D eigenvalue weighted by molar-refractivity contribution is 5.84. The Morgan fingerprint density at radius 2 is 1.97 bits per heavy atom. The smallest absolute Gasteiger partial charge is 0.410 e. The summed E-state index contributed by atoms with van der Waals surface area (Å²) in [5.74, 6) is -1.26. The summed E-state index contributed by atoms with van der Waals surface area (Å²) >= 11 is 0. The van der Waals surface area contributed by atoms with Crippen LogP contribution in [0.3, 0.4) is 0 Å². The van der Waals surface area contributed by atoms with Gasteiger partial charge in [0.1, 0.15) is 17.1 Å². The Hall–Kier alpha value is -3.16. The number of hydrogen-bond donors (Lipinski definition) is 1. The molecule has 32 heavy (non-hydrogen) atoms. The number of likely N-dealkylation sites (N-methyl/N-ethyl adjacent to an activating group) is 1. The molecule has 8 heteroatoms. The highest BCUT2D eigenvalue weighted by atomic mass is 19.2. The lowest BCUT2D eigenvalue weighted by atomic mass is 9.91. The average molecular weight is 443 g/mol. The van der Waals surface area contributed by atoms with Gasteiger partial charge in [-0.3, -0.25) is 0 Å². The van der Waals surface area contributed by atoms with Crippen LogP contribution < -0.4 is 5.32 Å². The van der Waals surface area contributed by atoms with Crippen LogP contribution in [0.5, 0.6) is 0 Å². The molecular formula is C24H28F2N4O2. The Balaban J connectivity index is 1.59. The zero-order chi connectivity index (χ0) is 23.2. The van der Waals surface area contributed by atoms with E-state index in [9.17, 15) is 13.6 Å². The van der Waals surface area contributed by atoms with Crippen LogP contribution in [0.4, 0.5) is 25.1 Å². The zero-order valence-corrected chi connectivity index (χ0v) is 19.0. The van der Waals surface area contributed by atoms with E-state index in [4.69, 9.17) is 9.72 Å². The Labute approximate surface area is 186 Å². The van der Waals surface area contributed by atoms with Gasteiger partial charge in [0.25, 0.3) is 0 Å². The molecule has 1 N–H and O–H groups in total. The molecule has 0 spiro atoms. The topological polar surface area (TPSA) is 59.4 Å². The van der Waals surface area contributed by atoms with Gasteiger partial charge < -0.3 is 19.5 Å². The van der Waals surface area contributed by atoms with E-state index in [1.54, 1.807) is 11.9 Å². The molecule has 0 bridgehead atoms. The van der Waals surface area contributed by atoms with Crippen molar-refractivity contribution in [3.05, 3.63) is 53.2 Å². The van der Waals surface area contributed by atoms with Crippen LogP contribution >= 0.6 is 0 Å². The van der Waals surface area contributed by atoms with Gasteiger partial charge in [-0.15, -0.1) is 0 Å². The number of amides is 1. The fourth-order valence-corrected chi connectivity index (χ4v) is 4.22. The number of ether oxygens (including phenoxy) is 1. The summed E-state index contributed by atoms with van der Waals surface area (Å²) in [5, 5.41) is 4.06. The van der Waals surface area contributed by atoms with Gasteiger partial charge >= 0.3 is 6.09 Å². The Kier molecular flexibility index (Phi) is 5.56. The van der Waals surface area contributed by atoms with E-state index in [2.05, 4.69) is 9.88 Å². The molecular weight excluding hydrogens is 414 g/mol. The Morgan fingerprint density at radius 1 is 1.22 bits per heavy atom. The minimum atomic E-state index is -0.912. The maximum Gasteiger partial charge on any atom is 0.410 e. The van der Waals surface area contributed by atoms with E-state index in [1.807, 2.05) is 40.0 Å². The van der Waals surface area contributed by atoms with Crippen LogP contribution in [-0.4, -0.2) is 39.2 Å². The van der Waals surface area contributed by atoms with Gasteiger partial charge in [0.15, 0.2) is 11.6 Å². The van der Waals surface area contributed by atoms with E-state index in [0.717, 1.165) is 42.4 Å². The van der Waals surface area contributed by atoms with Crippen molar-refractivity contribution < 1.29 is 18.3 Å². The third-order valence-corrected chi connectivity index (χ3v) is 5.85. The number of pyridine rings is 1. The number of nitrogens with one attached hydrogen (secondary N) is 1. The number of carbonyl (C=O) groups excluding carboxylic acids is 1. The largest absolute Gasteiger partial charge is 0.444 e. The molecule has 0 saturated carbocycles. The number of carbonyl (C=O) groups is 1. The van der Waals surface area contributed by atoms with Gasteiger partial charge in [0.2, 0.25) is 0 Å². The van der Waals surface area contributed by atoms with Gasteiger partial charge in [-0.25, -0.2) is 18.6 Å². The minimum Gasteiger partial charge on any atom is -0.444 e. The number of halogens is 2. The van der Waals surface area contributed by atoms with Crippen molar-refractivity contribution in [2.24, 2.45) is 7.05 Å². The lowest BCUT2D eigenvalue weighted by molar-refractivity contribution is 0.0210. The van der Waals surface area contributed by atoms with Crippen LogP contribution in [0.25, 0.3) is 11.0 Å². The van der Waals surface area contributed by atoms with Crippen molar-refractivity contribution in [3.8, 4) is 0 Å². The summed E-state index contributed by atoms with van der Waals surface area (Å²) in [4.78, 5) is 18.9. The fourth-order valence-electron chi connectivity index (χ4n) is 4.22. The SMILES string of the molecule is CN(C(=O)OC(C)(C)C)C1CCc2c(c3ccc(Nc4ccc(F)c(F)c4)nc3n2C)C1. The van der Waals surface area contributed by atoms with E-state index in [0.29, 0.717) is 11.5 Å². The molecule has 0 radical (unpaired) electrons. The van der Waals surface area contributed by atoms with Gasteiger partial charge in [0, 0.05) is 43.0 Å². The summed E-state index contributed by atoms with van der Waals surface area (Å²) in [6.45, 7) is 5.58. The maximum absolute atomic E-state index is 13.5. The first-order chi connectivity index (χ1) is 15.0. The number of rotatable bonds is 3. The molecule has 0 saturated heterocycles. The number of aryl methyl sites for hydroxylation is 1.